The van der Waals surface area contributed by atoms with Gasteiger partial charge in [0.2, 0.25) is 0 Å². The number of hydrogen-bond acceptors (Lipinski definition) is 2. The van der Waals surface area contributed by atoms with Crippen LogP contribution in [0.25, 0.3) is 0 Å². The molecular weight excluding hydrogens is 172 g/mol. The van der Waals surface area contributed by atoms with Gasteiger partial charge >= 0.3 is 0 Å². The molecule has 1 unspecified atom stereocenters. The van der Waals surface area contributed by atoms with Crippen LogP contribution in [-0.4, -0.2) is 37.6 Å². The highest BCUT2D eigenvalue weighted by Crippen LogP contribution is 2.17. The Morgan fingerprint density at radius 1 is 1.43 bits per heavy atom. The van der Waals surface area contributed by atoms with Crippen molar-refractivity contribution in [1.29, 1.82) is 0 Å². The third kappa shape index (κ3) is 5.61. The average molecular weight is 200 g/mol. The third-order valence-corrected chi connectivity index (χ3v) is 3.08. The van der Waals surface area contributed by atoms with E-state index < -0.39 is 0 Å². The van der Waals surface area contributed by atoms with Crippen molar-refractivity contribution in [2.45, 2.75) is 46.1 Å². The van der Waals surface area contributed by atoms with Crippen LogP contribution in [0.3, 0.4) is 0 Å². The van der Waals surface area contributed by atoms with Crippen LogP contribution in [-0.2, 0) is 0 Å². The van der Waals surface area contributed by atoms with Crippen molar-refractivity contribution >= 4 is 0 Å². The standard InChI is InChI=1S/C7H16N2.C5H12/c1-7(8-2)4-5-9(3)6-7;1-4-5(2)3/h8H,4-6H2,1-3H3;5H,4H2,1-3H3. The maximum absolute atomic E-state index is 3.33. The number of likely N-dealkylation sites (N-methyl/N-ethyl adjacent to an activating group) is 2. The molecule has 14 heavy (non-hydrogen) atoms. The molecule has 0 aromatic rings. The highest BCUT2D eigenvalue weighted by molar-refractivity contribution is 4.90. The number of likely N-dealkylation sites (tertiary alicyclic amines) is 1. The maximum atomic E-state index is 3.33. The average Bonchev–Trinajstić information content (AvgIpc) is 2.48. The predicted molar refractivity (Wildman–Crippen MR) is 64.7 cm³/mol. The lowest BCUT2D eigenvalue weighted by molar-refractivity contribution is 0.350. The van der Waals surface area contributed by atoms with Gasteiger partial charge in [0.1, 0.15) is 0 Å². The van der Waals surface area contributed by atoms with E-state index in [0.717, 1.165) is 5.92 Å². The van der Waals surface area contributed by atoms with E-state index in [9.17, 15) is 0 Å². The molecule has 0 spiro atoms. The Balaban J connectivity index is 0.000000292. The molecular formula is C12H28N2. The number of hydrogen-bond donors (Lipinski definition) is 1. The third-order valence-electron chi connectivity index (χ3n) is 3.08. The zero-order chi connectivity index (χ0) is 11.2. The highest BCUT2D eigenvalue weighted by Gasteiger charge is 2.29. The number of nitrogens with zero attached hydrogens (tertiary/aromatic N) is 1. The molecule has 2 heteroatoms. The molecule has 1 fully saturated rings. The Morgan fingerprint density at radius 3 is 2.07 bits per heavy atom. The van der Waals surface area contributed by atoms with E-state index in [0.29, 0.717) is 5.54 Å². The maximum Gasteiger partial charge on any atom is 0.0289 e. The summed E-state index contributed by atoms with van der Waals surface area (Å²) in [6, 6.07) is 0. The lowest BCUT2D eigenvalue weighted by Crippen LogP contribution is -2.41. The molecule has 0 aromatic carbocycles. The van der Waals surface area contributed by atoms with Gasteiger partial charge in [0.25, 0.3) is 0 Å². The molecule has 0 aromatic heterocycles. The first-order valence-corrected chi connectivity index (χ1v) is 5.81. The lowest BCUT2D eigenvalue weighted by Gasteiger charge is -2.22. The van der Waals surface area contributed by atoms with Crippen LogP contribution >= 0.6 is 0 Å². The summed E-state index contributed by atoms with van der Waals surface area (Å²) in [5.41, 5.74) is 0.384. The summed E-state index contributed by atoms with van der Waals surface area (Å²) in [6.07, 6.45) is 2.58. The van der Waals surface area contributed by atoms with E-state index in [1.165, 1.54) is 25.9 Å². The molecule has 1 atom stereocenters. The Kier molecular flexibility index (Phi) is 6.38. The molecule has 0 radical (unpaired) electrons. The summed E-state index contributed by atoms with van der Waals surface area (Å²) >= 11 is 0. The fraction of sp³-hybridized carbons (Fsp3) is 1.00. The topological polar surface area (TPSA) is 15.3 Å². The predicted octanol–water partition coefficient (Wildman–Crippen LogP) is 2.35. The van der Waals surface area contributed by atoms with Gasteiger partial charge in [0.05, 0.1) is 0 Å². The molecule has 86 valence electrons. The molecule has 0 bridgehead atoms. The van der Waals surface area contributed by atoms with Gasteiger partial charge < -0.3 is 10.2 Å². The summed E-state index contributed by atoms with van der Waals surface area (Å²) in [7, 11) is 4.21. The van der Waals surface area contributed by atoms with Crippen molar-refractivity contribution in [2.75, 3.05) is 27.2 Å². The first-order valence-electron chi connectivity index (χ1n) is 5.81. The van der Waals surface area contributed by atoms with Gasteiger partial charge in [-0.25, -0.2) is 0 Å². The van der Waals surface area contributed by atoms with Gasteiger partial charge in [-0.2, -0.15) is 0 Å². The van der Waals surface area contributed by atoms with E-state index in [4.69, 9.17) is 0 Å². The summed E-state index contributed by atoms with van der Waals surface area (Å²) < 4.78 is 0. The molecule has 0 aliphatic carbocycles. The summed E-state index contributed by atoms with van der Waals surface area (Å²) in [5, 5.41) is 3.33. The van der Waals surface area contributed by atoms with Crippen LogP contribution in [0, 0.1) is 5.92 Å². The second kappa shape index (κ2) is 6.41. The van der Waals surface area contributed by atoms with Crippen molar-refractivity contribution in [3.05, 3.63) is 0 Å². The molecule has 1 N–H and O–H groups in total. The highest BCUT2D eigenvalue weighted by atomic mass is 15.2. The molecule has 1 saturated heterocycles. The van der Waals surface area contributed by atoms with Gasteiger partial charge in [0.15, 0.2) is 0 Å². The number of rotatable bonds is 2. The minimum atomic E-state index is 0.384. The monoisotopic (exact) mass is 200 g/mol. The summed E-state index contributed by atoms with van der Waals surface area (Å²) in [6.45, 7) is 11.3. The van der Waals surface area contributed by atoms with Crippen LogP contribution in [0.15, 0.2) is 0 Å². The Labute approximate surface area is 90.1 Å². The smallest absolute Gasteiger partial charge is 0.0289 e. The van der Waals surface area contributed by atoms with Crippen molar-refractivity contribution in [3.63, 3.8) is 0 Å². The largest absolute Gasteiger partial charge is 0.313 e. The minimum absolute atomic E-state index is 0.384. The zero-order valence-electron chi connectivity index (χ0n) is 10.9. The van der Waals surface area contributed by atoms with E-state index in [1.807, 2.05) is 7.05 Å². The second-order valence-corrected chi connectivity index (χ2v) is 5.10. The molecule has 1 rings (SSSR count). The molecule has 1 aliphatic rings. The fourth-order valence-electron chi connectivity index (χ4n) is 1.40. The van der Waals surface area contributed by atoms with Gasteiger partial charge in [-0.1, -0.05) is 27.2 Å². The first kappa shape index (κ1) is 13.9. The van der Waals surface area contributed by atoms with Crippen molar-refractivity contribution < 1.29 is 0 Å². The van der Waals surface area contributed by atoms with Crippen molar-refractivity contribution in [3.8, 4) is 0 Å². The van der Waals surface area contributed by atoms with Crippen molar-refractivity contribution in [2.24, 2.45) is 5.92 Å². The Hall–Kier alpha value is -0.0800. The molecule has 1 heterocycles. The SMILES string of the molecule is CCC(C)C.CNC1(C)CCN(C)C1. The van der Waals surface area contributed by atoms with Gasteiger partial charge in [-0.05, 0) is 39.9 Å². The van der Waals surface area contributed by atoms with Crippen LogP contribution in [0.4, 0.5) is 0 Å². The molecule has 2 nitrogen and oxygen atoms in total. The van der Waals surface area contributed by atoms with E-state index in [2.05, 4.69) is 45.0 Å². The van der Waals surface area contributed by atoms with Gasteiger partial charge in [-0.15, -0.1) is 0 Å². The molecule has 1 aliphatic heterocycles. The van der Waals surface area contributed by atoms with Crippen LogP contribution in [0.2, 0.25) is 0 Å². The second-order valence-electron chi connectivity index (χ2n) is 5.10. The van der Waals surface area contributed by atoms with Crippen LogP contribution in [0.1, 0.15) is 40.5 Å². The van der Waals surface area contributed by atoms with Crippen LogP contribution in [0.5, 0.6) is 0 Å². The van der Waals surface area contributed by atoms with Crippen LogP contribution < -0.4 is 5.32 Å². The molecule has 0 amide bonds. The first-order chi connectivity index (χ1) is 6.43. The van der Waals surface area contributed by atoms with Crippen molar-refractivity contribution in [1.82, 2.24) is 10.2 Å². The van der Waals surface area contributed by atoms with E-state index in [1.54, 1.807) is 0 Å². The lowest BCUT2D eigenvalue weighted by atomic mass is 10.0. The summed E-state index contributed by atoms with van der Waals surface area (Å²) in [4.78, 5) is 2.36. The van der Waals surface area contributed by atoms with Gasteiger partial charge in [-0.3, -0.25) is 0 Å². The zero-order valence-corrected chi connectivity index (χ0v) is 10.9. The normalized spacial score (nSPS) is 27.6. The molecule has 0 saturated carbocycles. The summed E-state index contributed by atoms with van der Waals surface area (Å²) in [5.74, 6) is 0.884. The number of nitrogens with one attached hydrogen (secondary N) is 1. The Bertz CT molecular complexity index is 145. The minimum Gasteiger partial charge on any atom is -0.313 e. The van der Waals surface area contributed by atoms with E-state index >= 15 is 0 Å². The van der Waals surface area contributed by atoms with E-state index in [-0.39, 0.29) is 0 Å². The fourth-order valence-corrected chi connectivity index (χ4v) is 1.40. The Morgan fingerprint density at radius 2 is 1.93 bits per heavy atom. The van der Waals surface area contributed by atoms with Gasteiger partial charge in [0, 0.05) is 12.1 Å². The quantitative estimate of drug-likeness (QED) is 0.736.